The van der Waals surface area contributed by atoms with E-state index >= 15 is 0 Å². The molecule has 2 rings (SSSR count). The zero-order chi connectivity index (χ0) is 17.7. The molecule has 0 saturated carbocycles. The molecule has 7 heteroatoms. The number of hydrogen-bond acceptors (Lipinski definition) is 6. The maximum atomic E-state index is 11.8. The first-order valence-electron chi connectivity index (χ1n) is 8.72. The molecule has 0 aliphatic rings. The molecule has 1 amide bonds. The van der Waals surface area contributed by atoms with E-state index in [1.54, 1.807) is 11.8 Å². The van der Waals surface area contributed by atoms with Gasteiger partial charge in [-0.05, 0) is 25.0 Å². The maximum absolute atomic E-state index is 11.8. The van der Waals surface area contributed by atoms with Crippen LogP contribution >= 0.6 is 23.1 Å². The van der Waals surface area contributed by atoms with Crippen LogP contribution in [-0.4, -0.2) is 28.5 Å². The zero-order valence-corrected chi connectivity index (χ0v) is 16.2. The summed E-state index contributed by atoms with van der Waals surface area (Å²) in [6.45, 7) is 2.84. The summed E-state index contributed by atoms with van der Waals surface area (Å²) in [5.74, 6) is 1.83. The minimum atomic E-state index is 0.0278. The van der Waals surface area contributed by atoms with Crippen LogP contribution in [0.15, 0.2) is 34.7 Å². The minimum absolute atomic E-state index is 0.0278. The summed E-state index contributed by atoms with van der Waals surface area (Å²) in [5, 5.41) is 11.6. The van der Waals surface area contributed by atoms with E-state index in [4.69, 9.17) is 4.74 Å². The Bertz CT molecular complexity index is 620. The van der Waals surface area contributed by atoms with E-state index in [1.165, 1.54) is 24.2 Å². The standard InChI is InChI=1S/C18H25N3O2S2/c1-2-3-4-8-12-16(22)19-17-20-21-18(25-17)24-14-9-13-23-15-10-6-5-7-11-15/h5-7,10-11H,2-4,8-9,12-14H2,1H3,(H,19,20,22). The number of ether oxygens (including phenoxy) is 1. The van der Waals surface area contributed by atoms with Crippen molar-refractivity contribution in [2.24, 2.45) is 0 Å². The number of amides is 1. The van der Waals surface area contributed by atoms with E-state index in [-0.39, 0.29) is 5.91 Å². The topological polar surface area (TPSA) is 64.1 Å². The number of benzene rings is 1. The van der Waals surface area contributed by atoms with Crippen molar-refractivity contribution in [2.75, 3.05) is 17.7 Å². The molecule has 1 aromatic heterocycles. The van der Waals surface area contributed by atoms with Crippen molar-refractivity contribution in [1.29, 1.82) is 0 Å². The van der Waals surface area contributed by atoms with Gasteiger partial charge in [0.05, 0.1) is 6.61 Å². The summed E-state index contributed by atoms with van der Waals surface area (Å²) in [6, 6.07) is 9.81. The Morgan fingerprint density at radius 1 is 1.16 bits per heavy atom. The molecule has 0 aliphatic carbocycles. The van der Waals surface area contributed by atoms with Crippen LogP contribution in [-0.2, 0) is 4.79 Å². The quantitative estimate of drug-likeness (QED) is 0.319. The van der Waals surface area contributed by atoms with E-state index in [0.717, 1.165) is 35.1 Å². The molecule has 1 aromatic carbocycles. The fourth-order valence-corrected chi connectivity index (χ4v) is 3.89. The Labute approximate surface area is 157 Å². The van der Waals surface area contributed by atoms with E-state index < -0.39 is 0 Å². The molecule has 0 saturated heterocycles. The van der Waals surface area contributed by atoms with Gasteiger partial charge in [0.25, 0.3) is 0 Å². The van der Waals surface area contributed by atoms with Crippen LogP contribution in [0.1, 0.15) is 45.4 Å². The van der Waals surface area contributed by atoms with Crippen molar-refractivity contribution >= 4 is 34.1 Å². The van der Waals surface area contributed by atoms with E-state index in [1.807, 2.05) is 30.3 Å². The van der Waals surface area contributed by atoms with Gasteiger partial charge in [-0.25, -0.2) is 0 Å². The predicted octanol–water partition coefficient (Wildman–Crippen LogP) is 5.01. The van der Waals surface area contributed by atoms with E-state index in [0.29, 0.717) is 18.2 Å². The highest BCUT2D eigenvalue weighted by Crippen LogP contribution is 2.26. The molecular formula is C18H25N3O2S2. The Morgan fingerprint density at radius 2 is 2.00 bits per heavy atom. The van der Waals surface area contributed by atoms with Gasteiger partial charge in [0, 0.05) is 12.2 Å². The van der Waals surface area contributed by atoms with Crippen molar-refractivity contribution in [1.82, 2.24) is 10.2 Å². The molecule has 0 atom stereocenters. The number of aromatic nitrogens is 2. The molecule has 0 fully saturated rings. The number of carbonyl (C=O) groups is 1. The van der Waals surface area contributed by atoms with Crippen molar-refractivity contribution in [3.8, 4) is 5.75 Å². The number of hydrogen-bond donors (Lipinski definition) is 1. The van der Waals surface area contributed by atoms with Crippen LogP contribution in [0.2, 0.25) is 0 Å². The maximum Gasteiger partial charge on any atom is 0.226 e. The summed E-state index contributed by atoms with van der Waals surface area (Å²) in [4.78, 5) is 11.8. The molecule has 0 radical (unpaired) electrons. The molecule has 0 unspecified atom stereocenters. The highest BCUT2D eigenvalue weighted by Gasteiger charge is 2.08. The van der Waals surface area contributed by atoms with Crippen LogP contribution in [0.25, 0.3) is 0 Å². The molecule has 0 bridgehead atoms. The summed E-state index contributed by atoms with van der Waals surface area (Å²) in [5.41, 5.74) is 0. The average molecular weight is 380 g/mol. The van der Waals surface area contributed by atoms with Crippen molar-refractivity contribution < 1.29 is 9.53 Å². The highest BCUT2D eigenvalue weighted by atomic mass is 32.2. The second-order valence-electron chi connectivity index (χ2n) is 5.60. The van der Waals surface area contributed by atoms with Gasteiger partial charge in [0.2, 0.25) is 11.0 Å². The van der Waals surface area contributed by atoms with Crippen LogP contribution < -0.4 is 10.1 Å². The number of unbranched alkanes of at least 4 members (excludes halogenated alkanes) is 3. The van der Waals surface area contributed by atoms with Gasteiger partial charge in [0.15, 0.2) is 4.34 Å². The lowest BCUT2D eigenvalue weighted by molar-refractivity contribution is -0.116. The SMILES string of the molecule is CCCCCCC(=O)Nc1nnc(SCCCOc2ccccc2)s1. The normalized spacial score (nSPS) is 10.6. The highest BCUT2D eigenvalue weighted by molar-refractivity contribution is 8.01. The number of nitrogens with zero attached hydrogens (tertiary/aromatic N) is 2. The molecule has 1 N–H and O–H groups in total. The zero-order valence-electron chi connectivity index (χ0n) is 14.6. The molecule has 25 heavy (non-hydrogen) atoms. The van der Waals surface area contributed by atoms with Gasteiger partial charge < -0.3 is 10.1 Å². The molecule has 2 aromatic rings. The first kappa shape index (κ1) is 19.7. The van der Waals surface area contributed by atoms with Gasteiger partial charge in [-0.15, -0.1) is 10.2 Å². The van der Waals surface area contributed by atoms with E-state index in [2.05, 4.69) is 22.4 Å². The first-order chi connectivity index (χ1) is 12.3. The van der Waals surface area contributed by atoms with Gasteiger partial charge >= 0.3 is 0 Å². The largest absolute Gasteiger partial charge is 0.494 e. The molecule has 1 heterocycles. The lowest BCUT2D eigenvalue weighted by Gasteiger charge is -2.04. The third-order valence-electron chi connectivity index (χ3n) is 3.44. The van der Waals surface area contributed by atoms with Crippen LogP contribution in [0.3, 0.4) is 0 Å². The van der Waals surface area contributed by atoms with Crippen LogP contribution in [0, 0.1) is 0 Å². The van der Waals surface area contributed by atoms with Gasteiger partial charge in [-0.3, -0.25) is 4.79 Å². The van der Waals surface area contributed by atoms with Gasteiger partial charge in [-0.2, -0.15) is 0 Å². The number of nitrogens with one attached hydrogen (secondary N) is 1. The van der Waals surface area contributed by atoms with Crippen LogP contribution in [0.5, 0.6) is 5.75 Å². The number of carbonyl (C=O) groups excluding carboxylic acids is 1. The van der Waals surface area contributed by atoms with Gasteiger partial charge in [0.1, 0.15) is 5.75 Å². The lowest BCUT2D eigenvalue weighted by Crippen LogP contribution is -2.10. The molecule has 5 nitrogen and oxygen atoms in total. The Balaban J connectivity index is 1.58. The lowest BCUT2D eigenvalue weighted by atomic mass is 10.1. The molecule has 136 valence electrons. The number of rotatable bonds is 12. The monoisotopic (exact) mass is 379 g/mol. The average Bonchev–Trinajstić information content (AvgIpc) is 3.06. The third-order valence-corrected chi connectivity index (χ3v) is 5.49. The number of anilines is 1. The predicted molar refractivity (Wildman–Crippen MR) is 105 cm³/mol. The molecule has 0 aliphatic heterocycles. The smallest absolute Gasteiger partial charge is 0.226 e. The van der Waals surface area contributed by atoms with E-state index in [9.17, 15) is 4.79 Å². The van der Waals surface area contributed by atoms with Crippen molar-refractivity contribution in [3.63, 3.8) is 0 Å². The Kier molecular flexibility index (Phi) is 9.36. The Morgan fingerprint density at radius 3 is 2.80 bits per heavy atom. The summed E-state index contributed by atoms with van der Waals surface area (Å²) in [7, 11) is 0. The molecular weight excluding hydrogens is 354 g/mol. The number of thioether (sulfide) groups is 1. The summed E-state index contributed by atoms with van der Waals surface area (Å²) in [6.07, 6.45) is 5.88. The van der Waals surface area contributed by atoms with Gasteiger partial charge in [-0.1, -0.05) is 67.5 Å². The second-order valence-corrected chi connectivity index (χ2v) is 7.92. The second kappa shape index (κ2) is 11.9. The summed E-state index contributed by atoms with van der Waals surface area (Å²) < 4.78 is 6.53. The minimum Gasteiger partial charge on any atom is -0.494 e. The fourth-order valence-electron chi connectivity index (χ4n) is 2.14. The van der Waals surface area contributed by atoms with Crippen molar-refractivity contribution in [2.45, 2.75) is 49.8 Å². The third kappa shape index (κ3) is 8.36. The Hall–Kier alpha value is -1.60. The molecule has 0 spiro atoms. The fraction of sp³-hybridized carbons (Fsp3) is 0.500. The first-order valence-corrected chi connectivity index (χ1v) is 10.5. The summed E-state index contributed by atoms with van der Waals surface area (Å²) >= 11 is 3.07. The van der Waals surface area contributed by atoms with Crippen LogP contribution in [0.4, 0.5) is 5.13 Å². The number of para-hydroxylation sites is 1. The van der Waals surface area contributed by atoms with Crippen molar-refractivity contribution in [3.05, 3.63) is 30.3 Å².